The second-order valence-corrected chi connectivity index (χ2v) is 7.52. The van der Waals surface area contributed by atoms with Crippen LogP contribution in [0, 0.1) is 28.6 Å². The standard InChI is InChI=1S/C15H26O/c1-10-5-8-15-11(2)14(4,16)9-13(15,3)7-6-12(10)15/h10-12,16H,5-9H2,1-4H3/t10-,11+,12+,13+,14-,15+/m1/s1. The first-order valence-corrected chi connectivity index (χ1v) is 7.06. The molecule has 6 atom stereocenters. The first-order valence-electron chi connectivity index (χ1n) is 7.06. The van der Waals surface area contributed by atoms with E-state index in [9.17, 15) is 5.11 Å². The van der Waals surface area contributed by atoms with Gasteiger partial charge in [-0.1, -0.05) is 20.8 Å². The minimum absolute atomic E-state index is 0.419. The summed E-state index contributed by atoms with van der Waals surface area (Å²) in [5.41, 5.74) is 0.471. The van der Waals surface area contributed by atoms with Crippen molar-refractivity contribution in [3.05, 3.63) is 0 Å². The molecule has 1 spiro atoms. The highest BCUT2D eigenvalue weighted by molar-refractivity contribution is 5.20. The van der Waals surface area contributed by atoms with Crippen LogP contribution in [0.2, 0.25) is 0 Å². The van der Waals surface area contributed by atoms with Crippen LogP contribution >= 0.6 is 0 Å². The van der Waals surface area contributed by atoms with Crippen LogP contribution in [0.25, 0.3) is 0 Å². The Balaban J connectivity index is 2.10. The van der Waals surface area contributed by atoms with Gasteiger partial charge in [-0.25, -0.2) is 0 Å². The minimum Gasteiger partial charge on any atom is -0.390 e. The van der Waals surface area contributed by atoms with E-state index in [1.54, 1.807) is 0 Å². The van der Waals surface area contributed by atoms with E-state index in [4.69, 9.17) is 0 Å². The Kier molecular flexibility index (Phi) is 1.98. The Morgan fingerprint density at radius 2 is 1.75 bits per heavy atom. The van der Waals surface area contributed by atoms with E-state index in [1.807, 2.05) is 0 Å². The van der Waals surface area contributed by atoms with Crippen molar-refractivity contribution >= 4 is 0 Å². The number of hydrogen-bond acceptors (Lipinski definition) is 1. The molecule has 0 unspecified atom stereocenters. The molecule has 3 saturated carbocycles. The van der Waals surface area contributed by atoms with E-state index >= 15 is 0 Å². The SMILES string of the molecule is C[C@@H]1CC[C@@]23[C@@H](C)[C@](C)(O)C[C@]2(C)CC[C@@H]13. The second-order valence-electron chi connectivity index (χ2n) is 7.52. The Morgan fingerprint density at radius 1 is 1.06 bits per heavy atom. The highest BCUT2D eigenvalue weighted by Crippen LogP contribution is 2.76. The van der Waals surface area contributed by atoms with Gasteiger partial charge in [0, 0.05) is 0 Å². The first kappa shape index (κ1) is 11.1. The fraction of sp³-hybridized carbons (Fsp3) is 1.00. The smallest absolute Gasteiger partial charge is 0.0656 e. The fourth-order valence-electron chi connectivity index (χ4n) is 6.17. The predicted octanol–water partition coefficient (Wildman–Crippen LogP) is 3.61. The van der Waals surface area contributed by atoms with Gasteiger partial charge in [0.2, 0.25) is 0 Å². The van der Waals surface area contributed by atoms with Crippen molar-refractivity contribution in [2.75, 3.05) is 0 Å². The van der Waals surface area contributed by atoms with E-state index in [2.05, 4.69) is 27.7 Å². The summed E-state index contributed by atoms with van der Waals surface area (Å²) in [4.78, 5) is 0. The van der Waals surface area contributed by atoms with Crippen molar-refractivity contribution in [3.63, 3.8) is 0 Å². The molecule has 3 rings (SSSR count). The number of aliphatic hydroxyl groups is 1. The lowest BCUT2D eigenvalue weighted by molar-refractivity contribution is -0.0179. The summed E-state index contributed by atoms with van der Waals surface area (Å²) in [6, 6.07) is 0. The zero-order valence-electron chi connectivity index (χ0n) is 11.2. The lowest BCUT2D eigenvalue weighted by atomic mass is 9.62. The molecule has 3 fully saturated rings. The quantitative estimate of drug-likeness (QED) is 0.664. The van der Waals surface area contributed by atoms with Gasteiger partial charge in [-0.15, -0.1) is 0 Å². The molecule has 3 aliphatic carbocycles. The van der Waals surface area contributed by atoms with Crippen molar-refractivity contribution in [2.45, 2.75) is 65.4 Å². The van der Waals surface area contributed by atoms with Gasteiger partial charge in [0.1, 0.15) is 0 Å². The molecule has 0 amide bonds. The summed E-state index contributed by atoms with van der Waals surface area (Å²) in [7, 11) is 0. The summed E-state index contributed by atoms with van der Waals surface area (Å²) in [5.74, 6) is 2.27. The maximum Gasteiger partial charge on any atom is 0.0656 e. The zero-order chi connectivity index (χ0) is 11.8. The molecule has 1 heteroatoms. The topological polar surface area (TPSA) is 20.2 Å². The van der Waals surface area contributed by atoms with Gasteiger partial charge < -0.3 is 5.11 Å². The molecule has 92 valence electrons. The third-order valence-corrected chi connectivity index (χ3v) is 6.95. The molecule has 0 radical (unpaired) electrons. The lowest BCUT2D eigenvalue weighted by Gasteiger charge is -2.42. The molecule has 0 aromatic carbocycles. The molecule has 16 heavy (non-hydrogen) atoms. The predicted molar refractivity (Wildman–Crippen MR) is 66.1 cm³/mol. The average molecular weight is 222 g/mol. The average Bonchev–Trinajstić information content (AvgIpc) is 2.68. The minimum atomic E-state index is -0.419. The van der Waals surface area contributed by atoms with Crippen molar-refractivity contribution < 1.29 is 5.11 Å². The highest BCUT2D eigenvalue weighted by atomic mass is 16.3. The van der Waals surface area contributed by atoms with Crippen LogP contribution in [0.15, 0.2) is 0 Å². The van der Waals surface area contributed by atoms with E-state index in [0.717, 1.165) is 18.3 Å². The third-order valence-electron chi connectivity index (χ3n) is 6.95. The molecular formula is C15H26O. The van der Waals surface area contributed by atoms with Crippen LogP contribution in [0.3, 0.4) is 0 Å². The number of rotatable bonds is 0. The Labute approximate surface area is 99.6 Å². The van der Waals surface area contributed by atoms with Gasteiger partial charge in [0.05, 0.1) is 5.60 Å². The van der Waals surface area contributed by atoms with Crippen LogP contribution in [0.5, 0.6) is 0 Å². The maximum absolute atomic E-state index is 10.7. The van der Waals surface area contributed by atoms with E-state index < -0.39 is 5.60 Å². The van der Waals surface area contributed by atoms with Crippen molar-refractivity contribution in [2.24, 2.45) is 28.6 Å². The largest absolute Gasteiger partial charge is 0.390 e. The van der Waals surface area contributed by atoms with Crippen LogP contribution in [-0.4, -0.2) is 10.7 Å². The molecular weight excluding hydrogens is 196 g/mol. The molecule has 0 aliphatic heterocycles. The van der Waals surface area contributed by atoms with Crippen molar-refractivity contribution in [3.8, 4) is 0 Å². The van der Waals surface area contributed by atoms with E-state index in [-0.39, 0.29) is 0 Å². The highest BCUT2D eigenvalue weighted by Gasteiger charge is 2.71. The van der Waals surface area contributed by atoms with Gasteiger partial charge in [0.25, 0.3) is 0 Å². The lowest BCUT2D eigenvalue weighted by Crippen LogP contribution is -2.40. The molecule has 0 aromatic rings. The summed E-state index contributed by atoms with van der Waals surface area (Å²) < 4.78 is 0. The van der Waals surface area contributed by atoms with Gasteiger partial charge >= 0.3 is 0 Å². The summed E-state index contributed by atoms with van der Waals surface area (Å²) in [6.45, 7) is 9.30. The first-order chi connectivity index (χ1) is 7.33. The Bertz CT molecular complexity index is 321. The van der Waals surface area contributed by atoms with Crippen LogP contribution in [0.1, 0.15) is 59.8 Å². The second kappa shape index (κ2) is 2.85. The molecule has 1 N–H and O–H groups in total. The van der Waals surface area contributed by atoms with Crippen molar-refractivity contribution in [1.82, 2.24) is 0 Å². The normalized spacial score (nSPS) is 64.7. The Morgan fingerprint density at radius 3 is 2.44 bits per heavy atom. The summed E-state index contributed by atoms with van der Waals surface area (Å²) in [5, 5.41) is 10.7. The van der Waals surface area contributed by atoms with Gasteiger partial charge in [-0.2, -0.15) is 0 Å². The molecule has 3 aliphatic rings. The van der Waals surface area contributed by atoms with Gasteiger partial charge in [-0.3, -0.25) is 0 Å². The van der Waals surface area contributed by atoms with Crippen LogP contribution < -0.4 is 0 Å². The van der Waals surface area contributed by atoms with Gasteiger partial charge in [-0.05, 0) is 67.6 Å². The maximum atomic E-state index is 10.7. The van der Waals surface area contributed by atoms with Crippen molar-refractivity contribution in [1.29, 1.82) is 0 Å². The monoisotopic (exact) mass is 222 g/mol. The molecule has 0 saturated heterocycles. The summed E-state index contributed by atoms with van der Waals surface area (Å²) >= 11 is 0. The van der Waals surface area contributed by atoms with Gasteiger partial charge in [0.15, 0.2) is 0 Å². The Hall–Kier alpha value is -0.0400. The fourth-order valence-corrected chi connectivity index (χ4v) is 6.17. The van der Waals surface area contributed by atoms with E-state index in [0.29, 0.717) is 16.7 Å². The van der Waals surface area contributed by atoms with Crippen LogP contribution in [-0.2, 0) is 0 Å². The zero-order valence-corrected chi connectivity index (χ0v) is 11.2. The summed E-state index contributed by atoms with van der Waals surface area (Å²) in [6.07, 6.45) is 6.55. The van der Waals surface area contributed by atoms with E-state index in [1.165, 1.54) is 25.7 Å². The van der Waals surface area contributed by atoms with Crippen LogP contribution in [0.4, 0.5) is 0 Å². The molecule has 0 aromatic heterocycles. The molecule has 0 bridgehead atoms. The third kappa shape index (κ3) is 0.978. The molecule has 1 nitrogen and oxygen atoms in total. The number of hydrogen-bond donors (Lipinski definition) is 1. The molecule has 0 heterocycles.